The summed E-state index contributed by atoms with van der Waals surface area (Å²) >= 11 is 5.24. The van der Waals surface area contributed by atoms with Crippen LogP contribution in [0.4, 0.5) is 11.4 Å². The van der Waals surface area contributed by atoms with Crippen molar-refractivity contribution in [1.29, 1.82) is 0 Å². The van der Waals surface area contributed by atoms with Crippen LogP contribution in [0.25, 0.3) is 10.9 Å². The normalized spacial score (nSPS) is 11.1. The van der Waals surface area contributed by atoms with E-state index in [1.54, 1.807) is 10.6 Å². The van der Waals surface area contributed by atoms with E-state index in [0.717, 1.165) is 22.2 Å². The standard InChI is InChI=1S/C19H18N4OS/c1-3-12-23-16-11-7-5-9-14(16)17(18(23)24)21-22-19(25)20-15-10-6-4-8-13(15)2/h3-11,24H,1,12H2,2H3,(H,20,25). The van der Waals surface area contributed by atoms with Crippen LogP contribution in [0.15, 0.2) is 71.4 Å². The third-order valence-corrected chi connectivity index (χ3v) is 4.04. The largest absolute Gasteiger partial charge is 0.493 e. The summed E-state index contributed by atoms with van der Waals surface area (Å²) in [7, 11) is 0. The number of aromatic hydroxyl groups is 1. The van der Waals surface area contributed by atoms with Crippen LogP contribution in [0.3, 0.4) is 0 Å². The van der Waals surface area contributed by atoms with E-state index in [4.69, 9.17) is 12.2 Å². The van der Waals surface area contributed by atoms with Crippen LogP contribution in [-0.4, -0.2) is 14.8 Å². The number of nitrogens with zero attached hydrogens (tertiary/aromatic N) is 3. The lowest BCUT2D eigenvalue weighted by atomic mass is 10.2. The third kappa shape index (κ3) is 3.44. The second kappa shape index (κ2) is 7.27. The van der Waals surface area contributed by atoms with Crippen molar-refractivity contribution >= 4 is 39.6 Å². The molecule has 0 aliphatic heterocycles. The van der Waals surface area contributed by atoms with Gasteiger partial charge in [-0.15, -0.1) is 16.8 Å². The summed E-state index contributed by atoms with van der Waals surface area (Å²) in [6, 6.07) is 15.4. The summed E-state index contributed by atoms with van der Waals surface area (Å²) in [6.45, 7) is 6.19. The number of aryl methyl sites for hydroxylation is 1. The van der Waals surface area contributed by atoms with Crippen molar-refractivity contribution in [2.45, 2.75) is 13.5 Å². The van der Waals surface area contributed by atoms with E-state index in [1.165, 1.54) is 0 Å². The fourth-order valence-electron chi connectivity index (χ4n) is 2.63. The number of thiocarbonyl (C=S) groups is 1. The first-order valence-electron chi connectivity index (χ1n) is 7.81. The van der Waals surface area contributed by atoms with E-state index in [-0.39, 0.29) is 11.0 Å². The van der Waals surface area contributed by atoms with Gasteiger partial charge in [0.25, 0.3) is 0 Å². The van der Waals surface area contributed by atoms with Crippen LogP contribution in [-0.2, 0) is 6.54 Å². The highest BCUT2D eigenvalue weighted by atomic mass is 32.1. The van der Waals surface area contributed by atoms with E-state index >= 15 is 0 Å². The maximum Gasteiger partial charge on any atom is 0.221 e. The van der Waals surface area contributed by atoms with Crippen LogP contribution in [0.2, 0.25) is 0 Å². The summed E-state index contributed by atoms with van der Waals surface area (Å²) in [5.41, 5.74) is 3.20. The van der Waals surface area contributed by atoms with Crippen molar-refractivity contribution < 1.29 is 5.11 Å². The quantitative estimate of drug-likeness (QED) is 0.380. The van der Waals surface area contributed by atoms with E-state index in [0.29, 0.717) is 12.2 Å². The van der Waals surface area contributed by atoms with Crippen LogP contribution in [0, 0.1) is 6.92 Å². The van der Waals surface area contributed by atoms with E-state index in [1.807, 2.05) is 55.5 Å². The zero-order chi connectivity index (χ0) is 17.8. The first-order chi connectivity index (χ1) is 12.1. The molecule has 0 bridgehead atoms. The number of fused-ring (bicyclic) bond motifs is 1. The van der Waals surface area contributed by atoms with Crippen LogP contribution in [0.1, 0.15) is 5.56 Å². The van der Waals surface area contributed by atoms with Crippen molar-refractivity contribution in [2.75, 3.05) is 5.32 Å². The Morgan fingerprint density at radius 1 is 1.24 bits per heavy atom. The SMILES string of the molecule is C=CCn1c(O)c(N=NC(=S)Nc2ccccc2C)c2ccccc21. The summed E-state index contributed by atoms with van der Waals surface area (Å²) in [6.07, 6.45) is 1.72. The minimum absolute atomic E-state index is 0.0449. The van der Waals surface area contributed by atoms with Crippen molar-refractivity contribution in [2.24, 2.45) is 10.2 Å². The highest BCUT2D eigenvalue weighted by Gasteiger charge is 2.15. The van der Waals surface area contributed by atoms with Gasteiger partial charge in [-0.2, -0.15) is 0 Å². The first kappa shape index (κ1) is 16.9. The number of aromatic nitrogens is 1. The molecule has 0 atom stereocenters. The first-order valence-corrected chi connectivity index (χ1v) is 8.22. The summed E-state index contributed by atoms with van der Waals surface area (Å²) in [5.74, 6) is 0.0449. The van der Waals surface area contributed by atoms with Gasteiger partial charge in [0, 0.05) is 17.6 Å². The topological polar surface area (TPSA) is 61.9 Å². The number of allylic oxidation sites excluding steroid dienone is 1. The molecular formula is C19H18N4OS. The van der Waals surface area contributed by atoms with Gasteiger partial charge >= 0.3 is 0 Å². The maximum atomic E-state index is 10.5. The van der Waals surface area contributed by atoms with E-state index < -0.39 is 0 Å². The van der Waals surface area contributed by atoms with Gasteiger partial charge in [0.15, 0.2) is 5.69 Å². The highest BCUT2D eigenvalue weighted by molar-refractivity contribution is 7.80. The van der Waals surface area contributed by atoms with Crippen molar-refractivity contribution in [1.82, 2.24) is 4.57 Å². The Kier molecular flexibility index (Phi) is 4.90. The lowest BCUT2D eigenvalue weighted by molar-refractivity contribution is 0.431. The molecule has 0 saturated carbocycles. The van der Waals surface area contributed by atoms with Gasteiger partial charge in [0.2, 0.25) is 11.0 Å². The number of azo groups is 1. The smallest absolute Gasteiger partial charge is 0.221 e. The predicted molar refractivity (Wildman–Crippen MR) is 106 cm³/mol. The molecule has 3 aromatic rings. The van der Waals surface area contributed by atoms with Gasteiger partial charge in [0.05, 0.1) is 5.52 Å². The number of nitrogens with one attached hydrogen (secondary N) is 1. The molecule has 6 heteroatoms. The average Bonchev–Trinajstić information content (AvgIpc) is 2.88. The molecule has 126 valence electrons. The molecule has 0 aliphatic rings. The van der Waals surface area contributed by atoms with E-state index in [2.05, 4.69) is 22.1 Å². The number of anilines is 1. The molecule has 0 unspecified atom stereocenters. The molecule has 0 radical (unpaired) electrons. The van der Waals surface area contributed by atoms with Crippen LogP contribution >= 0.6 is 12.2 Å². The second-order valence-electron chi connectivity index (χ2n) is 5.53. The fraction of sp³-hybridized carbons (Fsp3) is 0.105. The number of hydrogen-bond donors (Lipinski definition) is 2. The predicted octanol–water partition coefficient (Wildman–Crippen LogP) is 5.32. The zero-order valence-electron chi connectivity index (χ0n) is 13.8. The Balaban J connectivity index is 1.91. The Morgan fingerprint density at radius 3 is 2.72 bits per heavy atom. The molecule has 0 fully saturated rings. The van der Waals surface area contributed by atoms with E-state index in [9.17, 15) is 5.11 Å². The molecule has 0 amide bonds. The van der Waals surface area contributed by atoms with Crippen molar-refractivity contribution in [3.05, 3.63) is 66.7 Å². The molecule has 1 aromatic heterocycles. The molecule has 1 heterocycles. The second-order valence-corrected chi connectivity index (χ2v) is 5.92. The molecule has 5 nitrogen and oxygen atoms in total. The van der Waals surface area contributed by atoms with Gasteiger partial charge in [-0.25, -0.2) is 0 Å². The molecule has 3 rings (SSSR count). The average molecular weight is 350 g/mol. The van der Waals surface area contributed by atoms with Gasteiger partial charge in [-0.1, -0.05) is 42.5 Å². The zero-order valence-corrected chi connectivity index (χ0v) is 14.6. The summed E-state index contributed by atoms with van der Waals surface area (Å²) in [5, 5.41) is 22.8. The van der Waals surface area contributed by atoms with Gasteiger partial charge in [0.1, 0.15) is 0 Å². The molecule has 2 aromatic carbocycles. The number of rotatable bonds is 4. The highest BCUT2D eigenvalue weighted by Crippen LogP contribution is 2.38. The Bertz CT molecular complexity index is 975. The fourth-order valence-corrected chi connectivity index (χ4v) is 2.78. The summed E-state index contributed by atoms with van der Waals surface area (Å²) in [4.78, 5) is 0. The lowest BCUT2D eigenvalue weighted by Gasteiger charge is -2.06. The minimum Gasteiger partial charge on any atom is -0.493 e. The molecule has 25 heavy (non-hydrogen) atoms. The molecular weight excluding hydrogens is 332 g/mol. The lowest BCUT2D eigenvalue weighted by Crippen LogP contribution is -2.06. The van der Waals surface area contributed by atoms with Crippen LogP contribution < -0.4 is 5.32 Å². The Morgan fingerprint density at radius 2 is 1.96 bits per heavy atom. The summed E-state index contributed by atoms with van der Waals surface area (Å²) < 4.78 is 1.73. The van der Waals surface area contributed by atoms with Gasteiger partial charge < -0.3 is 15.0 Å². The Labute approximate surface area is 151 Å². The van der Waals surface area contributed by atoms with Crippen molar-refractivity contribution in [3.8, 4) is 5.88 Å². The maximum absolute atomic E-state index is 10.5. The number of para-hydroxylation sites is 2. The van der Waals surface area contributed by atoms with Crippen LogP contribution in [0.5, 0.6) is 5.88 Å². The molecule has 0 aliphatic carbocycles. The molecule has 2 N–H and O–H groups in total. The van der Waals surface area contributed by atoms with Crippen molar-refractivity contribution in [3.63, 3.8) is 0 Å². The third-order valence-electron chi connectivity index (χ3n) is 3.86. The minimum atomic E-state index is 0.0449. The van der Waals surface area contributed by atoms with Gasteiger partial charge in [-0.05, 0) is 36.8 Å². The van der Waals surface area contributed by atoms with Gasteiger partial charge in [-0.3, -0.25) is 0 Å². The molecule has 0 saturated heterocycles. The Hall–Kier alpha value is -2.99. The monoisotopic (exact) mass is 350 g/mol. The molecule has 0 spiro atoms. The number of benzene rings is 2. The number of hydrogen-bond acceptors (Lipinski definition) is 3.